The molecule has 0 atom stereocenters. The van der Waals surface area contributed by atoms with Crippen molar-refractivity contribution in [3.63, 3.8) is 0 Å². The highest BCUT2D eigenvalue weighted by atomic mass is 32.2. The molecule has 0 aliphatic heterocycles. The lowest BCUT2D eigenvalue weighted by Crippen LogP contribution is -2.15. The van der Waals surface area contributed by atoms with Crippen LogP contribution in [-0.2, 0) is 10.5 Å². The number of halogens is 2. The van der Waals surface area contributed by atoms with E-state index in [2.05, 4.69) is 5.32 Å². The van der Waals surface area contributed by atoms with Crippen molar-refractivity contribution in [3.05, 3.63) is 77.9 Å². The third kappa shape index (κ3) is 3.92. The van der Waals surface area contributed by atoms with Crippen molar-refractivity contribution < 1.29 is 13.6 Å². The molecule has 1 amide bonds. The summed E-state index contributed by atoms with van der Waals surface area (Å²) in [6, 6.07) is 17.1. The molecule has 5 heteroatoms. The molecule has 2 nitrogen and oxygen atoms in total. The van der Waals surface area contributed by atoms with Crippen LogP contribution in [0.3, 0.4) is 0 Å². The van der Waals surface area contributed by atoms with Crippen LogP contribution in [0.1, 0.15) is 5.56 Å². The van der Waals surface area contributed by atoms with Gasteiger partial charge in [0.2, 0.25) is 5.91 Å². The first-order valence-corrected chi connectivity index (χ1v) is 8.58. The largest absolute Gasteiger partial charge is 0.323 e. The summed E-state index contributed by atoms with van der Waals surface area (Å²) in [6.45, 7) is 0. The summed E-state index contributed by atoms with van der Waals surface area (Å²) in [5, 5.41) is 4.71. The molecule has 0 heterocycles. The Labute approximate surface area is 142 Å². The molecule has 0 aromatic heterocycles. The van der Waals surface area contributed by atoms with Crippen molar-refractivity contribution in [3.8, 4) is 0 Å². The molecule has 0 spiro atoms. The lowest BCUT2D eigenvalue weighted by Gasteiger charge is -2.08. The number of benzene rings is 3. The molecule has 1 N–H and O–H groups in total. The van der Waals surface area contributed by atoms with Crippen LogP contribution in [0.2, 0.25) is 0 Å². The lowest BCUT2D eigenvalue weighted by atomic mass is 10.1. The molecule has 0 radical (unpaired) electrons. The van der Waals surface area contributed by atoms with Crippen LogP contribution in [0.4, 0.5) is 14.5 Å². The van der Waals surface area contributed by atoms with Gasteiger partial charge in [-0.3, -0.25) is 4.79 Å². The van der Waals surface area contributed by atoms with E-state index in [0.29, 0.717) is 5.75 Å². The Hall–Kier alpha value is -2.40. The van der Waals surface area contributed by atoms with Gasteiger partial charge in [-0.25, -0.2) is 8.78 Å². The number of carbonyl (C=O) groups excluding carboxylic acids is 1. The number of rotatable bonds is 5. The lowest BCUT2D eigenvalue weighted by molar-refractivity contribution is -0.113. The molecule has 0 aliphatic carbocycles. The maximum absolute atomic E-state index is 13.5. The highest BCUT2D eigenvalue weighted by Gasteiger charge is 2.09. The summed E-state index contributed by atoms with van der Waals surface area (Å²) in [5.74, 6) is -0.761. The van der Waals surface area contributed by atoms with Crippen molar-refractivity contribution in [2.75, 3.05) is 11.1 Å². The van der Waals surface area contributed by atoms with Crippen LogP contribution < -0.4 is 5.32 Å². The maximum Gasteiger partial charge on any atom is 0.234 e. The van der Waals surface area contributed by atoms with E-state index in [0.717, 1.165) is 34.5 Å². The molecule has 3 rings (SSSR count). The monoisotopic (exact) mass is 343 g/mol. The third-order valence-electron chi connectivity index (χ3n) is 3.57. The number of thioether (sulfide) groups is 1. The number of hydrogen-bond donors (Lipinski definition) is 1. The van der Waals surface area contributed by atoms with E-state index in [1.807, 2.05) is 42.5 Å². The fourth-order valence-corrected chi connectivity index (χ4v) is 3.28. The minimum atomic E-state index is -0.649. The molecule has 0 fully saturated rings. The van der Waals surface area contributed by atoms with E-state index >= 15 is 0 Å². The van der Waals surface area contributed by atoms with E-state index in [1.165, 1.54) is 11.8 Å². The van der Waals surface area contributed by atoms with Gasteiger partial charge in [-0.1, -0.05) is 42.5 Å². The van der Waals surface area contributed by atoms with Gasteiger partial charge in [0.05, 0.1) is 11.4 Å². The van der Waals surface area contributed by atoms with Crippen molar-refractivity contribution in [1.29, 1.82) is 0 Å². The van der Waals surface area contributed by atoms with Gasteiger partial charge in [0, 0.05) is 11.8 Å². The molecular formula is C19H15F2NOS. The minimum Gasteiger partial charge on any atom is -0.323 e. The second-order valence-electron chi connectivity index (χ2n) is 5.30. The third-order valence-corrected chi connectivity index (χ3v) is 4.55. The number of nitrogens with one attached hydrogen (secondary N) is 1. The molecular weight excluding hydrogens is 328 g/mol. The fourth-order valence-electron chi connectivity index (χ4n) is 2.45. The summed E-state index contributed by atoms with van der Waals surface area (Å²) in [5.41, 5.74) is 1.01. The first-order valence-electron chi connectivity index (χ1n) is 7.43. The van der Waals surface area contributed by atoms with Gasteiger partial charge in [0.1, 0.15) is 11.6 Å². The molecule has 24 heavy (non-hydrogen) atoms. The van der Waals surface area contributed by atoms with E-state index in [4.69, 9.17) is 0 Å². The van der Waals surface area contributed by atoms with Crippen molar-refractivity contribution >= 4 is 34.1 Å². The highest BCUT2D eigenvalue weighted by molar-refractivity contribution is 7.99. The Morgan fingerprint density at radius 3 is 2.67 bits per heavy atom. The quantitative estimate of drug-likeness (QED) is 0.707. The summed E-state index contributed by atoms with van der Waals surface area (Å²) in [7, 11) is 0. The molecule has 3 aromatic rings. The Balaban J connectivity index is 1.59. The van der Waals surface area contributed by atoms with Gasteiger partial charge < -0.3 is 5.32 Å². The highest BCUT2D eigenvalue weighted by Crippen LogP contribution is 2.23. The molecule has 0 saturated heterocycles. The molecule has 122 valence electrons. The van der Waals surface area contributed by atoms with Crippen LogP contribution in [0.5, 0.6) is 0 Å². The SMILES string of the molecule is O=C(CSCc1cccc2ccccc12)Nc1cc(F)ccc1F. The first kappa shape index (κ1) is 16.5. The van der Waals surface area contributed by atoms with Crippen molar-refractivity contribution in [1.82, 2.24) is 0 Å². The fraction of sp³-hybridized carbons (Fsp3) is 0.105. The molecule has 0 unspecified atom stereocenters. The van der Waals surface area contributed by atoms with Crippen LogP contribution in [-0.4, -0.2) is 11.7 Å². The number of hydrogen-bond acceptors (Lipinski definition) is 2. The maximum atomic E-state index is 13.5. The van der Waals surface area contributed by atoms with Gasteiger partial charge in [-0.15, -0.1) is 11.8 Å². The normalized spacial score (nSPS) is 10.8. The van der Waals surface area contributed by atoms with Crippen LogP contribution in [0.25, 0.3) is 10.8 Å². The standard InChI is InChI=1S/C19H15F2NOS/c20-15-8-9-17(21)18(10-15)22-19(23)12-24-11-14-6-3-5-13-4-1-2-7-16(13)14/h1-10H,11-12H2,(H,22,23). The first-order chi connectivity index (χ1) is 11.6. The van der Waals surface area contributed by atoms with Gasteiger partial charge in [0.15, 0.2) is 0 Å². The molecule has 3 aromatic carbocycles. The Kier molecular flexibility index (Phi) is 5.11. The zero-order valence-electron chi connectivity index (χ0n) is 12.8. The topological polar surface area (TPSA) is 29.1 Å². The van der Waals surface area contributed by atoms with Crippen molar-refractivity contribution in [2.24, 2.45) is 0 Å². The smallest absolute Gasteiger partial charge is 0.234 e. The zero-order chi connectivity index (χ0) is 16.9. The van der Waals surface area contributed by atoms with Crippen LogP contribution in [0, 0.1) is 11.6 Å². The van der Waals surface area contributed by atoms with E-state index in [1.54, 1.807) is 0 Å². The van der Waals surface area contributed by atoms with Crippen LogP contribution in [0.15, 0.2) is 60.7 Å². The number of amides is 1. The van der Waals surface area contributed by atoms with Gasteiger partial charge in [-0.2, -0.15) is 0 Å². The number of anilines is 1. The van der Waals surface area contributed by atoms with Gasteiger partial charge in [0.25, 0.3) is 0 Å². The minimum absolute atomic E-state index is 0.134. The number of fused-ring (bicyclic) bond motifs is 1. The molecule has 0 saturated carbocycles. The summed E-state index contributed by atoms with van der Waals surface area (Å²) in [6.07, 6.45) is 0. The Morgan fingerprint density at radius 2 is 1.79 bits per heavy atom. The zero-order valence-corrected chi connectivity index (χ0v) is 13.6. The average molecular weight is 343 g/mol. The van der Waals surface area contributed by atoms with Gasteiger partial charge in [-0.05, 0) is 28.5 Å². The molecule has 0 aliphatic rings. The predicted molar refractivity (Wildman–Crippen MR) is 95.1 cm³/mol. The Bertz CT molecular complexity index is 877. The number of carbonyl (C=O) groups is 1. The summed E-state index contributed by atoms with van der Waals surface area (Å²) in [4.78, 5) is 11.9. The summed E-state index contributed by atoms with van der Waals surface area (Å²) >= 11 is 1.43. The van der Waals surface area contributed by atoms with E-state index in [-0.39, 0.29) is 17.3 Å². The van der Waals surface area contributed by atoms with Gasteiger partial charge >= 0.3 is 0 Å². The van der Waals surface area contributed by atoms with E-state index in [9.17, 15) is 13.6 Å². The molecule has 0 bridgehead atoms. The summed E-state index contributed by atoms with van der Waals surface area (Å²) < 4.78 is 26.6. The van der Waals surface area contributed by atoms with Crippen molar-refractivity contribution in [2.45, 2.75) is 5.75 Å². The second kappa shape index (κ2) is 7.45. The van der Waals surface area contributed by atoms with E-state index < -0.39 is 11.6 Å². The Morgan fingerprint density at radius 1 is 1.00 bits per heavy atom. The second-order valence-corrected chi connectivity index (χ2v) is 6.29. The van der Waals surface area contributed by atoms with Crippen LogP contribution >= 0.6 is 11.8 Å². The average Bonchev–Trinajstić information content (AvgIpc) is 2.58. The predicted octanol–water partition coefficient (Wildman–Crippen LogP) is 4.99.